The van der Waals surface area contributed by atoms with E-state index >= 15 is 0 Å². The number of aromatic nitrogens is 1. The fraction of sp³-hybridized carbons (Fsp3) is 0.812. The minimum Gasteiger partial charge on any atom is -0.351 e. The molecule has 0 radical (unpaired) electrons. The number of hydrogen-bond donors (Lipinski definition) is 1. The van der Waals surface area contributed by atoms with Crippen LogP contribution in [-0.4, -0.2) is 49.7 Å². The van der Waals surface area contributed by atoms with Crippen LogP contribution in [0, 0.1) is 5.92 Å². The Kier molecular flexibility index (Phi) is 6.02. The van der Waals surface area contributed by atoms with Gasteiger partial charge in [-0.25, -0.2) is 4.98 Å². The smallest absolute Gasteiger partial charge is 0.185 e. The summed E-state index contributed by atoms with van der Waals surface area (Å²) in [6, 6.07) is 0.520. The molecule has 0 spiro atoms. The van der Waals surface area contributed by atoms with Gasteiger partial charge in [0.1, 0.15) is 0 Å². The van der Waals surface area contributed by atoms with E-state index in [2.05, 4.69) is 50.0 Å². The lowest BCUT2D eigenvalue weighted by Crippen LogP contribution is -2.27. The fourth-order valence-electron chi connectivity index (χ4n) is 2.88. The van der Waals surface area contributed by atoms with Crippen LogP contribution in [0.3, 0.4) is 0 Å². The summed E-state index contributed by atoms with van der Waals surface area (Å²) >= 11 is 1.86. The van der Waals surface area contributed by atoms with Crippen molar-refractivity contribution in [3.05, 3.63) is 10.6 Å². The van der Waals surface area contributed by atoms with Gasteiger partial charge >= 0.3 is 0 Å². The highest BCUT2D eigenvalue weighted by Crippen LogP contribution is 2.28. The second kappa shape index (κ2) is 7.56. The highest BCUT2D eigenvalue weighted by atomic mass is 32.1. The van der Waals surface area contributed by atoms with E-state index in [0.717, 1.165) is 25.4 Å². The molecule has 1 N–H and O–H groups in total. The van der Waals surface area contributed by atoms with E-state index in [9.17, 15) is 0 Å². The number of hydrogen-bond acceptors (Lipinski definition) is 5. The van der Waals surface area contributed by atoms with E-state index in [1.807, 2.05) is 11.3 Å². The van der Waals surface area contributed by atoms with Gasteiger partial charge in [0.25, 0.3) is 0 Å². The van der Waals surface area contributed by atoms with Crippen LogP contribution in [0.1, 0.15) is 37.8 Å². The second-order valence-electron chi connectivity index (χ2n) is 6.55. The quantitative estimate of drug-likeness (QED) is 0.839. The molecular weight excluding hydrogens is 280 g/mol. The molecule has 0 aliphatic carbocycles. The lowest BCUT2D eigenvalue weighted by Gasteiger charge is -2.20. The number of rotatable bonds is 7. The summed E-state index contributed by atoms with van der Waals surface area (Å²) in [4.78, 5) is 11.0. The third-order valence-electron chi connectivity index (χ3n) is 4.12. The van der Waals surface area contributed by atoms with E-state index < -0.39 is 0 Å². The molecular formula is C16H30N4S. The molecule has 0 bridgehead atoms. The Hall–Kier alpha value is -0.650. The summed E-state index contributed by atoms with van der Waals surface area (Å²) < 4.78 is 0. The van der Waals surface area contributed by atoms with Crippen molar-refractivity contribution >= 4 is 16.5 Å². The third-order valence-corrected chi connectivity index (χ3v) is 5.33. The number of likely N-dealkylation sites (tertiary alicyclic amines) is 1. The SMILES string of the molecule is CCc1nc(N(C)CC2CCN(C)C2)sc1CNC(C)C. The standard InChI is InChI=1S/C16H30N4S/c1-6-14-15(9-17-12(2)3)21-16(18-14)20(5)11-13-7-8-19(4)10-13/h12-13,17H,6-11H2,1-5H3. The predicted molar refractivity (Wildman–Crippen MR) is 92.3 cm³/mol. The molecule has 5 heteroatoms. The molecule has 0 amide bonds. The number of nitrogens with zero attached hydrogens (tertiary/aromatic N) is 3. The molecule has 0 saturated carbocycles. The van der Waals surface area contributed by atoms with Gasteiger partial charge in [0, 0.05) is 37.6 Å². The second-order valence-corrected chi connectivity index (χ2v) is 7.62. The summed E-state index contributed by atoms with van der Waals surface area (Å²) in [6.45, 7) is 11.1. The highest BCUT2D eigenvalue weighted by Gasteiger charge is 2.22. The van der Waals surface area contributed by atoms with Crippen molar-refractivity contribution in [3.8, 4) is 0 Å². The first kappa shape index (κ1) is 16.7. The zero-order valence-corrected chi connectivity index (χ0v) is 15.0. The van der Waals surface area contributed by atoms with Crippen molar-refractivity contribution in [2.75, 3.05) is 38.6 Å². The molecule has 1 unspecified atom stereocenters. The third kappa shape index (κ3) is 4.66. The summed E-state index contributed by atoms with van der Waals surface area (Å²) in [5, 5.41) is 4.70. The Morgan fingerprint density at radius 2 is 2.24 bits per heavy atom. The Labute approximate surface area is 133 Å². The summed E-state index contributed by atoms with van der Waals surface area (Å²) in [6.07, 6.45) is 2.33. The van der Waals surface area contributed by atoms with E-state index in [0.29, 0.717) is 6.04 Å². The topological polar surface area (TPSA) is 31.4 Å². The van der Waals surface area contributed by atoms with Crippen molar-refractivity contribution in [1.29, 1.82) is 0 Å². The zero-order chi connectivity index (χ0) is 15.4. The average molecular weight is 311 g/mol. The van der Waals surface area contributed by atoms with Gasteiger partial charge in [-0.1, -0.05) is 20.8 Å². The maximum Gasteiger partial charge on any atom is 0.185 e. The maximum atomic E-state index is 4.86. The molecule has 0 aromatic carbocycles. The van der Waals surface area contributed by atoms with Crippen molar-refractivity contribution in [1.82, 2.24) is 15.2 Å². The first-order chi connectivity index (χ1) is 9.99. The first-order valence-corrected chi connectivity index (χ1v) is 8.92. The highest BCUT2D eigenvalue weighted by molar-refractivity contribution is 7.15. The number of nitrogens with one attached hydrogen (secondary N) is 1. The number of thiazole rings is 1. The molecule has 1 atom stereocenters. The van der Waals surface area contributed by atoms with Gasteiger partial charge in [-0.2, -0.15) is 0 Å². The average Bonchev–Trinajstić information content (AvgIpc) is 3.02. The molecule has 1 aromatic rings. The number of anilines is 1. The maximum absolute atomic E-state index is 4.86. The minimum atomic E-state index is 0.520. The molecule has 120 valence electrons. The van der Waals surface area contributed by atoms with Crippen molar-refractivity contribution in [3.63, 3.8) is 0 Å². The van der Waals surface area contributed by atoms with E-state index in [4.69, 9.17) is 4.98 Å². The first-order valence-electron chi connectivity index (χ1n) is 8.11. The van der Waals surface area contributed by atoms with Crippen LogP contribution in [0.25, 0.3) is 0 Å². The molecule has 2 heterocycles. The van der Waals surface area contributed by atoms with Crippen molar-refractivity contribution in [2.45, 2.75) is 46.2 Å². The van der Waals surface area contributed by atoms with Gasteiger partial charge in [-0.05, 0) is 32.4 Å². The molecule has 1 aliphatic rings. The van der Waals surface area contributed by atoms with Gasteiger partial charge in [0.15, 0.2) is 5.13 Å². The van der Waals surface area contributed by atoms with Gasteiger partial charge in [0.2, 0.25) is 0 Å². The summed E-state index contributed by atoms with van der Waals surface area (Å²) in [5.41, 5.74) is 1.26. The van der Waals surface area contributed by atoms with Crippen LogP contribution in [0.2, 0.25) is 0 Å². The Morgan fingerprint density at radius 1 is 1.48 bits per heavy atom. The van der Waals surface area contributed by atoms with E-state index in [1.54, 1.807) is 0 Å². The van der Waals surface area contributed by atoms with E-state index in [-0.39, 0.29) is 0 Å². The Morgan fingerprint density at radius 3 is 2.81 bits per heavy atom. The van der Waals surface area contributed by atoms with Gasteiger partial charge in [0.05, 0.1) is 5.69 Å². The van der Waals surface area contributed by atoms with Crippen LogP contribution in [0.15, 0.2) is 0 Å². The van der Waals surface area contributed by atoms with Crippen LogP contribution >= 0.6 is 11.3 Å². The van der Waals surface area contributed by atoms with Crippen LogP contribution < -0.4 is 10.2 Å². The lowest BCUT2D eigenvalue weighted by atomic mass is 10.1. The monoisotopic (exact) mass is 310 g/mol. The van der Waals surface area contributed by atoms with Crippen LogP contribution in [-0.2, 0) is 13.0 Å². The van der Waals surface area contributed by atoms with Crippen LogP contribution in [0.4, 0.5) is 5.13 Å². The lowest BCUT2D eigenvalue weighted by molar-refractivity contribution is 0.396. The molecule has 21 heavy (non-hydrogen) atoms. The van der Waals surface area contributed by atoms with Crippen molar-refractivity contribution in [2.24, 2.45) is 5.92 Å². The van der Waals surface area contributed by atoms with Gasteiger partial charge in [-0.15, -0.1) is 11.3 Å². The van der Waals surface area contributed by atoms with Crippen LogP contribution in [0.5, 0.6) is 0 Å². The Bertz CT molecular complexity index is 443. The molecule has 4 nitrogen and oxygen atoms in total. The largest absolute Gasteiger partial charge is 0.351 e. The summed E-state index contributed by atoms with van der Waals surface area (Å²) in [7, 11) is 4.41. The predicted octanol–water partition coefficient (Wildman–Crippen LogP) is 2.59. The molecule has 1 fully saturated rings. The van der Waals surface area contributed by atoms with Crippen molar-refractivity contribution < 1.29 is 0 Å². The fourth-order valence-corrected chi connectivity index (χ4v) is 3.95. The minimum absolute atomic E-state index is 0.520. The summed E-state index contributed by atoms with van der Waals surface area (Å²) in [5.74, 6) is 0.784. The molecule has 2 rings (SSSR count). The molecule has 1 aliphatic heterocycles. The zero-order valence-electron chi connectivity index (χ0n) is 14.1. The Balaban J connectivity index is 1.98. The van der Waals surface area contributed by atoms with Gasteiger partial charge in [-0.3, -0.25) is 0 Å². The molecule has 1 saturated heterocycles. The van der Waals surface area contributed by atoms with E-state index in [1.165, 1.54) is 35.2 Å². The molecule has 1 aromatic heterocycles. The normalized spacial score (nSPS) is 19.6. The van der Waals surface area contributed by atoms with Gasteiger partial charge < -0.3 is 15.1 Å². The number of aryl methyl sites for hydroxylation is 1.